The van der Waals surface area contributed by atoms with Gasteiger partial charge in [-0.05, 0) is 31.5 Å². The van der Waals surface area contributed by atoms with Crippen LogP contribution >= 0.6 is 11.6 Å². The van der Waals surface area contributed by atoms with Crippen molar-refractivity contribution in [3.8, 4) is 0 Å². The molecule has 1 aromatic heterocycles. The number of amides is 1. The number of carbonyl (C=O) groups is 1. The Morgan fingerprint density at radius 2 is 2.00 bits per heavy atom. The van der Waals surface area contributed by atoms with E-state index < -0.39 is 0 Å². The number of benzene rings is 1. The second-order valence-electron chi connectivity index (χ2n) is 5.11. The number of hydrogen-bond acceptors (Lipinski definition) is 2. The van der Waals surface area contributed by atoms with Crippen molar-refractivity contribution >= 4 is 17.5 Å². The second kappa shape index (κ2) is 6.59. The maximum Gasteiger partial charge on any atom is 0.244 e. The standard InChI is InChI=1S/C16H18ClN3O/c1-11(2)10-14(21)19-15(16-18-8-9-20(16)3)12-4-6-13(17)7-5-12/h4-10,15H,1-3H3,(H,19,21). The minimum absolute atomic E-state index is 0.141. The highest BCUT2D eigenvalue weighted by molar-refractivity contribution is 6.30. The van der Waals surface area contributed by atoms with Crippen LogP contribution in [0.2, 0.25) is 5.02 Å². The maximum atomic E-state index is 12.1. The number of imidazole rings is 1. The van der Waals surface area contributed by atoms with E-state index in [0.717, 1.165) is 17.0 Å². The van der Waals surface area contributed by atoms with Crippen molar-refractivity contribution in [1.29, 1.82) is 0 Å². The van der Waals surface area contributed by atoms with Gasteiger partial charge in [0, 0.05) is 30.5 Å². The Hall–Kier alpha value is -2.07. The molecule has 2 rings (SSSR count). The number of aryl methyl sites for hydroxylation is 1. The van der Waals surface area contributed by atoms with Crippen molar-refractivity contribution in [1.82, 2.24) is 14.9 Å². The van der Waals surface area contributed by atoms with Gasteiger partial charge in [-0.25, -0.2) is 4.98 Å². The predicted molar refractivity (Wildman–Crippen MR) is 84.1 cm³/mol. The topological polar surface area (TPSA) is 46.9 Å². The molecule has 0 saturated carbocycles. The number of allylic oxidation sites excluding steroid dienone is 1. The largest absolute Gasteiger partial charge is 0.339 e. The van der Waals surface area contributed by atoms with Crippen LogP contribution in [0.4, 0.5) is 0 Å². The fraction of sp³-hybridized carbons (Fsp3) is 0.250. The third-order valence-electron chi connectivity index (χ3n) is 3.03. The average molecular weight is 304 g/mol. The van der Waals surface area contributed by atoms with Crippen molar-refractivity contribution in [2.24, 2.45) is 7.05 Å². The van der Waals surface area contributed by atoms with Crippen LogP contribution in [0, 0.1) is 0 Å². The number of nitrogens with zero attached hydrogens (tertiary/aromatic N) is 2. The van der Waals surface area contributed by atoms with Gasteiger partial charge < -0.3 is 9.88 Å². The summed E-state index contributed by atoms with van der Waals surface area (Å²) in [4.78, 5) is 16.4. The van der Waals surface area contributed by atoms with Gasteiger partial charge in [0.05, 0.1) is 0 Å². The summed E-state index contributed by atoms with van der Waals surface area (Å²) in [5.74, 6) is 0.630. The van der Waals surface area contributed by atoms with Gasteiger partial charge in [0.1, 0.15) is 11.9 Å². The van der Waals surface area contributed by atoms with Crippen molar-refractivity contribution in [3.63, 3.8) is 0 Å². The molecule has 0 radical (unpaired) electrons. The van der Waals surface area contributed by atoms with Gasteiger partial charge in [0.15, 0.2) is 0 Å². The number of aromatic nitrogens is 2. The molecule has 0 fully saturated rings. The van der Waals surface area contributed by atoms with Crippen molar-refractivity contribution in [2.75, 3.05) is 0 Å². The van der Waals surface area contributed by atoms with E-state index in [-0.39, 0.29) is 11.9 Å². The maximum absolute atomic E-state index is 12.1. The van der Waals surface area contributed by atoms with E-state index in [4.69, 9.17) is 11.6 Å². The van der Waals surface area contributed by atoms with Crippen LogP contribution in [0.15, 0.2) is 48.3 Å². The van der Waals surface area contributed by atoms with E-state index in [1.54, 1.807) is 24.4 Å². The van der Waals surface area contributed by atoms with Gasteiger partial charge in [0.25, 0.3) is 0 Å². The highest BCUT2D eigenvalue weighted by Gasteiger charge is 2.19. The zero-order chi connectivity index (χ0) is 15.4. The molecule has 5 heteroatoms. The van der Waals surface area contributed by atoms with E-state index in [0.29, 0.717) is 5.02 Å². The van der Waals surface area contributed by atoms with Crippen LogP contribution in [0.3, 0.4) is 0 Å². The van der Waals surface area contributed by atoms with Crippen LogP contribution in [0.25, 0.3) is 0 Å². The fourth-order valence-corrected chi connectivity index (χ4v) is 2.18. The molecule has 0 aliphatic rings. The van der Waals surface area contributed by atoms with E-state index in [1.165, 1.54) is 0 Å². The molecule has 1 amide bonds. The molecule has 1 unspecified atom stereocenters. The smallest absolute Gasteiger partial charge is 0.244 e. The molecule has 21 heavy (non-hydrogen) atoms. The van der Waals surface area contributed by atoms with Gasteiger partial charge in [-0.15, -0.1) is 0 Å². The Balaban J connectivity index is 2.35. The molecule has 1 aromatic carbocycles. The lowest BCUT2D eigenvalue weighted by atomic mass is 10.1. The molecule has 0 aliphatic carbocycles. The lowest BCUT2D eigenvalue weighted by Gasteiger charge is -2.18. The summed E-state index contributed by atoms with van der Waals surface area (Å²) >= 11 is 5.93. The van der Waals surface area contributed by atoms with Crippen LogP contribution < -0.4 is 5.32 Å². The van der Waals surface area contributed by atoms with Gasteiger partial charge in [-0.3, -0.25) is 4.79 Å². The van der Waals surface area contributed by atoms with Crippen LogP contribution in [-0.2, 0) is 11.8 Å². The summed E-state index contributed by atoms with van der Waals surface area (Å²) < 4.78 is 1.89. The first-order chi connectivity index (χ1) is 9.97. The first kappa shape index (κ1) is 15.3. The van der Waals surface area contributed by atoms with Crippen LogP contribution in [0.1, 0.15) is 31.3 Å². The molecule has 1 atom stereocenters. The molecular weight excluding hydrogens is 286 g/mol. The van der Waals surface area contributed by atoms with Gasteiger partial charge in [-0.1, -0.05) is 29.3 Å². The molecule has 0 saturated heterocycles. The summed E-state index contributed by atoms with van der Waals surface area (Å²) in [6.45, 7) is 3.77. The lowest BCUT2D eigenvalue weighted by molar-refractivity contribution is -0.117. The first-order valence-corrected chi connectivity index (χ1v) is 7.03. The molecule has 110 valence electrons. The molecule has 4 nitrogen and oxygen atoms in total. The van der Waals surface area contributed by atoms with Crippen LogP contribution in [0.5, 0.6) is 0 Å². The van der Waals surface area contributed by atoms with Crippen LogP contribution in [-0.4, -0.2) is 15.5 Å². The zero-order valence-corrected chi connectivity index (χ0v) is 13.1. The Labute approximate surface area is 129 Å². The SMILES string of the molecule is CC(C)=CC(=O)NC(c1ccc(Cl)cc1)c1nccn1C. The highest BCUT2D eigenvalue weighted by atomic mass is 35.5. The fourth-order valence-electron chi connectivity index (χ4n) is 2.05. The Morgan fingerprint density at radius 1 is 1.33 bits per heavy atom. The summed E-state index contributed by atoms with van der Waals surface area (Å²) in [5.41, 5.74) is 1.88. The quantitative estimate of drug-likeness (QED) is 0.881. The summed E-state index contributed by atoms with van der Waals surface area (Å²) in [6.07, 6.45) is 5.14. The number of hydrogen-bond donors (Lipinski definition) is 1. The number of halogens is 1. The minimum Gasteiger partial charge on any atom is -0.339 e. The Kier molecular flexibility index (Phi) is 4.81. The van der Waals surface area contributed by atoms with E-state index >= 15 is 0 Å². The third-order valence-corrected chi connectivity index (χ3v) is 3.28. The predicted octanol–water partition coefficient (Wildman–Crippen LogP) is 3.25. The Bertz CT molecular complexity index is 654. The zero-order valence-electron chi connectivity index (χ0n) is 12.3. The van der Waals surface area contributed by atoms with Crippen molar-refractivity contribution in [3.05, 3.63) is 64.7 Å². The molecule has 0 spiro atoms. The molecule has 0 aliphatic heterocycles. The number of carbonyl (C=O) groups excluding carboxylic acids is 1. The van der Waals surface area contributed by atoms with Crippen molar-refractivity contribution in [2.45, 2.75) is 19.9 Å². The monoisotopic (exact) mass is 303 g/mol. The molecule has 1 N–H and O–H groups in total. The molecule has 2 aromatic rings. The number of rotatable bonds is 4. The molecule has 0 bridgehead atoms. The van der Waals surface area contributed by atoms with Gasteiger partial charge in [-0.2, -0.15) is 0 Å². The number of nitrogens with one attached hydrogen (secondary N) is 1. The first-order valence-electron chi connectivity index (χ1n) is 6.65. The van der Waals surface area contributed by atoms with Crippen molar-refractivity contribution < 1.29 is 4.79 Å². The van der Waals surface area contributed by atoms with E-state index in [1.807, 2.05) is 43.8 Å². The highest BCUT2D eigenvalue weighted by Crippen LogP contribution is 2.22. The van der Waals surface area contributed by atoms with E-state index in [2.05, 4.69) is 10.3 Å². The third kappa shape index (κ3) is 3.95. The minimum atomic E-state index is -0.314. The van der Waals surface area contributed by atoms with E-state index in [9.17, 15) is 4.79 Å². The van der Waals surface area contributed by atoms with Gasteiger partial charge >= 0.3 is 0 Å². The van der Waals surface area contributed by atoms with Gasteiger partial charge in [0.2, 0.25) is 5.91 Å². The summed E-state index contributed by atoms with van der Waals surface area (Å²) in [6, 6.07) is 7.08. The normalized spacial score (nSPS) is 11.8. The summed E-state index contributed by atoms with van der Waals surface area (Å²) in [5, 5.41) is 3.65. The lowest BCUT2D eigenvalue weighted by Crippen LogP contribution is -2.29. The second-order valence-corrected chi connectivity index (χ2v) is 5.55. The molecular formula is C16H18ClN3O. The molecule has 1 heterocycles. The average Bonchev–Trinajstić information content (AvgIpc) is 2.82. The Morgan fingerprint density at radius 3 is 2.52 bits per heavy atom. The summed E-state index contributed by atoms with van der Waals surface area (Å²) in [7, 11) is 1.90.